The largest absolute Gasteiger partial charge is 0.377 e. The van der Waals surface area contributed by atoms with E-state index in [9.17, 15) is 0 Å². The van der Waals surface area contributed by atoms with Crippen molar-refractivity contribution in [3.63, 3.8) is 0 Å². The highest BCUT2D eigenvalue weighted by Crippen LogP contribution is 2.46. The summed E-state index contributed by atoms with van der Waals surface area (Å²) in [6.07, 6.45) is 2.14. The van der Waals surface area contributed by atoms with Crippen molar-refractivity contribution in [3.8, 4) is 0 Å². The standard InChI is InChI=1S/C26H35NO3/c1-26(2,3)24-20-10-6-4-8-18(20)16-22(24)29-14-12-28-13-15-30-23-17-19-9-5-7-11-21(19)25(23)27/h4-11,22-25H,12-17,27H2,1-3H3/t22-,23-,24+,25+/m1/s1. The second-order valence-electron chi connectivity index (χ2n) is 9.61. The van der Waals surface area contributed by atoms with Crippen molar-refractivity contribution in [1.82, 2.24) is 0 Å². The second-order valence-corrected chi connectivity index (χ2v) is 9.61. The molecule has 0 radical (unpaired) electrons. The summed E-state index contributed by atoms with van der Waals surface area (Å²) in [7, 11) is 0. The molecule has 2 aromatic carbocycles. The van der Waals surface area contributed by atoms with Crippen LogP contribution in [0.1, 0.15) is 55.0 Å². The van der Waals surface area contributed by atoms with Gasteiger partial charge in [0.15, 0.2) is 0 Å². The summed E-state index contributed by atoms with van der Waals surface area (Å²) in [5.74, 6) is 0.419. The van der Waals surface area contributed by atoms with Crippen LogP contribution in [-0.2, 0) is 27.1 Å². The minimum Gasteiger partial charge on any atom is -0.377 e. The minimum absolute atomic E-state index is 0.0390. The summed E-state index contributed by atoms with van der Waals surface area (Å²) in [6.45, 7) is 9.23. The molecule has 2 N–H and O–H groups in total. The van der Waals surface area contributed by atoms with Gasteiger partial charge in [0.1, 0.15) is 0 Å². The van der Waals surface area contributed by atoms with Crippen molar-refractivity contribution in [3.05, 3.63) is 70.8 Å². The van der Waals surface area contributed by atoms with Crippen LogP contribution in [-0.4, -0.2) is 38.6 Å². The van der Waals surface area contributed by atoms with Gasteiger partial charge in [-0.2, -0.15) is 0 Å². The van der Waals surface area contributed by atoms with Crippen molar-refractivity contribution in [1.29, 1.82) is 0 Å². The molecule has 0 heterocycles. The molecule has 0 aromatic heterocycles. The average molecular weight is 410 g/mol. The Morgan fingerprint density at radius 2 is 1.30 bits per heavy atom. The highest BCUT2D eigenvalue weighted by Gasteiger charge is 2.40. The van der Waals surface area contributed by atoms with Gasteiger partial charge in [0, 0.05) is 12.3 Å². The fraction of sp³-hybridized carbons (Fsp3) is 0.538. The summed E-state index contributed by atoms with van der Waals surface area (Å²) >= 11 is 0. The lowest BCUT2D eigenvalue weighted by Gasteiger charge is -2.33. The van der Waals surface area contributed by atoms with Crippen LogP contribution in [0.2, 0.25) is 0 Å². The number of benzene rings is 2. The Balaban J connectivity index is 1.16. The number of hydrogen-bond donors (Lipinski definition) is 1. The third-order valence-corrected chi connectivity index (χ3v) is 6.47. The van der Waals surface area contributed by atoms with Crippen molar-refractivity contribution in [2.75, 3.05) is 26.4 Å². The molecule has 2 aromatic rings. The van der Waals surface area contributed by atoms with E-state index in [1.165, 1.54) is 22.3 Å². The molecule has 0 bridgehead atoms. The zero-order valence-electron chi connectivity index (χ0n) is 18.5. The topological polar surface area (TPSA) is 53.7 Å². The van der Waals surface area contributed by atoms with Crippen LogP contribution in [0.15, 0.2) is 48.5 Å². The lowest BCUT2D eigenvalue weighted by atomic mass is 9.76. The smallest absolute Gasteiger partial charge is 0.0809 e. The van der Waals surface area contributed by atoms with Gasteiger partial charge >= 0.3 is 0 Å². The van der Waals surface area contributed by atoms with Crippen molar-refractivity contribution in [2.24, 2.45) is 11.1 Å². The van der Waals surface area contributed by atoms with Gasteiger partial charge < -0.3 is 19.9 Å². The molecule has 0 amide bonds. The molecule has 0 saturated heterocycles. The van der Waals surface area contributed by atoms with Gasteiger partial charge in [0.25, 0.3) is 0 Å². The summed E-state index contributed by atoms with van der Waals surface area (Å²) in [5, 5.41) is 0. The normalized spacial score (nSPS) is 25.3. The van der Waals surface area contributed by atoms with Gasteiger partial charge in [0.05, 0.1) is 44.7 Å². The lowest BCUT2D eigenvalue weighted by Crippen LogP contribution is -2.30. The summed E-state index contributed by atoms with van der Waals surface area (Å²) < 4.78 is 18.0. The van der Waals surface area contributed by atoms with Crippen LogP contribution < -0.4 is 5.73 Å². The Morgan fingerprint density at radius 3 is 1.93 bits per heavy atom. The molecule has 2 aliphatic rings. The van der Waals surface area contributed by atoms with E-state index in [-0.39, 0.29) is 23.7 Å². The van der Waals surface area contributed by atoms with E-state index < -0.39 is 0 Å². The van der Waals surface area contributed by atoms with E-state index >= 15 is 0 Å². The molecule has 0 fully saturated rings. The molecule has 4 atom stereocenters. The van der Waals surface area contributed by atoms with Crippen LogP contribution in [0.3, 0.4) is 0 Å². The maximum absolute atomic E-state index is 6.32. The van der Waals surface area contributed by atoms with Crippen molar-refractivity contribution >= 4 is 0 Å². The molecule has 4 heteroatoms. The van der Waals surface area contributed by atoms with E-state index in [4.69, 9.17) is 19.9 Å². The van der Waals surface area contributed by atoms with Gasteiger partial charge in [-0.3, -0.25) is 0 Å². The first-order chi connectivity index (χ1) is 14.4. The molecule has 2 aliphatic carbocycles. The Hall–Kier alpha value is -1.72. The van der Waals surface area contributed by atoms with Gasteiger partial charge in [-0.15, -0.1) is 0 Å². The second kappa shape index (κ2) is 9.19. The van der Waals surface area contributed by atoms with E-state index in [0.717, 1.165) is 12.8 Å². The number of ether oxygens (including phenoxy) is 3. The first-order valence-electron chi connectivity index (χ1n) is 11.2. The molecular formula is C26H35NO3. The van der Waals surface area contributed by atoms with E-state index in [1.807, 2.05) is 6.07 Å². The predicted octanol–water partition coefficient (Wildman–Crippen LogP) is 4.42. The van der Waals surface area contributed by atoms with E-state index in [2.05, 4.69) is 63.2 Å². The fourth-order valence-electron chi connectivity index (χ4n) is 5.11. The van der Waals surface area contributed by atoms with Crippen LogP contribution in [0, 0.1) is 5.41 Å². The first-order valence-corrected chi connectivity index (χ1v) is 11.2. The number of fused-ring (bicyclic) bond motifs is 2. The Morgan fingerprint density at radius 1 is 0.767 bits per heavy atom. The minimum atomic E-state index is -0.0390. The maximum Gasteiger partial charge on any atom is 0.0809 e. The molecule has 0 spiro atoms. The van der Waals surface area contributed by atoms with Crippen LogP contribution in [0.4, 0.5) is 0 Å². The Labute approximate surface area is 180 Å². The van der Waals surface area contributed by atoms with Crippen molar-refractivity contribution < 1.29 is 14.2 Å². The fourth-order valence-corrected chi connectivity index (χ4v) is 5.11. The first kappa shape index (κ1) is 21.5. The Kier molecular flexibility index (Phi) is 6.59. The quantitative estimate of drug-likeness (QED) is 0.656. The van der Waals surface area contributed by atoms with Gasteiger partial charge in [0.2, 0.25) is 0 Å². The molecule has 0 aliphatic heterocycles. The highest BCUT2D eigenvalue weighted by molar-refractivity contribution is 5.38. The third kappa shape index (κ3) is 4.62. The third-order valence-electron chi connectivity index (χ3n) is 6.47. The number of nitrogens with two attached hydrogens (primary N) is 1. The molecule has 4 rings (SSSR count). The van der Waals surface area contributed by atoms with E-state index in [0.29, 0.717) is 32.3 Å². The summed E-state index contributed by atoms with van der Waals surface area (Å²) in [4.78, 5) is 0. The molecular weight excluding hydrogens is 374 g/mol. The number of hydrogen-bond acceptors (Lipinski definition) is 4. The Bertz CT molecular complexity index is 844. The lowest BCUT2D eigenvalue weighted by molar-refractivity contribution is -0.0381. The molecule has 4 nitrogen and oxygen atoms in total. The maximum atomic E-state index is 6.32. The van der Waals surface area contributed by atoms with Crippen LogP contribution in [0.25, 0.3) is 0 Å². The summed E-state index contributed by atoms with van der Waals surface area (Å²) in [6, 6.07) is 17.0. The van der Waals surface area contributed by atoms with E-state index in [1.54, 1.807) is 0 Å². The predicted molar refractivity (Wildman–Crippen MR) is 120 cm³/mol. The molecule has 0 saturated carbocycles. The van der Waals surface area contributed by atoms with Crippen LogP contribution in [0.5, 0.6) is 0 Å². The van der Waals surface area contributed by atoms with Crippen LogP contribution >= 0.6 is 0 Å². The van der Waals surface area contributed by atoms with Gasteiger partial charge in [-0.25, -0.2) is 0 Å². The van der Waals surface area contributed by atoms with Crippen molar-refractivity contribution in [2.45, 2.75) is 57.8 Å². The molecule has 30 heavy (non-hydrogen) atoms. The zero-order valence-corrected chi connectivity index (χ0v) is 18.5. The average Bonchev–Trinajstić information content (AvgIpc) is 3.25. The van der Waals surface area contributed by atoms with Gasteiger partial charge in [-0.1, -0.05) is 69.3 Å². The number of rotatable bonds is 8. The SMILES string of the molecule is CC(C)(C)[C@H]1c2ccccc2C[C@H]1OCCOCCO[C@@H]1Cc2ccccc2[C@@H]1N. The summed E-state index contributed by atoms with van der Waals surface area (Å²) in [5.41, 5.74) is 11.9. The monoisotopic (exact) mass is 409 g/mol. The zero-order chi connectivity index (χ0) is 21.1. The molecule has 0 unspecified atom stereocenters. The van der Waals surface area contributed by atoms with Gasteiger partial charge in [-0.05, 0) is 34.1 Å². The highest BCUT2D eigenvalue weighted by atomic mass is 16.5. The molecule has 162 valence electrons.